The first-order chi connectivity index (χ1) is 8.30. The van der Waals surface area contributed by atoms with Gasteiger partial charge in [-0.15, -0.1) is 13.2 Å². The molecule has 1 aromatic rings. The third kappa shape index (κ3) is 3.26. The average molecular weight is 272 g/mol. The number of halogens is 5. The Hall–Kier alpha value is -1.48. The minimum absolute atomic E-state index is 0.347. The quantitative estimate of drug-likeness (QED) is 0.821. The lowest BCUT2D eigenvalue weighted by Gasteiger charge is -2.16. The Morgan fingerprint density at radius 2 is 1.94 bits per heavy atom. The standard InChI is InChI=1S/C9H9F5N2O2/c10-8(11)7-5(3-17)4(1-15)6(2-16-7)18-9(12,13)14/h2,8,17H,1,3,15H2. The molecular formula is C9H9F5N2O2. The molecule has 0 aliphatic heterocycles. The molecule has 18 heavy (non-hydrogen) atoms. The van der Waals surface area contributed by atoms with Gasteiger partial charge in [0.05, 0.1) is 12.8 Å². The molecule has 4 nitrogen and oxygen atoms in total. The Morgan fingerprint density at radius 1 is 1.33 bits per heavy atom. The molecule has 0 bridgehead atoms. The topological polar surface area (TPSA) is 68.4 Å². The third-order valence-electron chi connectivity index (χ3n) is 2.09. The van der Waals surface area contributed by atoms with Gasteiger partial charge in [0.2, 0.25) is 0 Å². The van der Waals surface area contributed by atoms with Crippen molar-refractivity contribution in [3.63, 3.8) is 0 Å². The Labute approximate surface area is 98.2 Å². The second kappa shape index (κ2) is 5.44. The van der Waals surface area contributed by atoms with Crippen molar-refractivity contribution in [2.24, 2.45) is 5.73 Å². The first kappa shape index (κ1) is 14.6. The molecule has 102 valence electrons. The zero-order valence-corrected chi connectivity index (χ0v) is 8.84. The van der Waals surface area contributed by atoms with Crippen molar-refractivity contribution in [3.05, 3.63) is 23.0 Å². The predicted octanol–water partition coefficient (Wildman–Crippen LogP) is 1.87. The number of hydrogen-bond donors (Lipinski definition) is 2. The predicted molar refractivity (Wildman–Crippen MR) is 49.7 cm³/mol. The number of ether oxygens (including phenoxy) is 1. The number of aliphatic hydroxyl groups is 1. The molecular weight excluding hydrogens is 263 g/mol. The molecule has 0 radical (unpaired) electrons. The number of rotatable bonds is 4. The summed E-state index contributed by atoms with van der Waals surface area (Å²) in [5.74, 6) is -0.793. The van der Waals surface area contributed by atoms with E-state index in [1.54, 1.807) is 0 Å². The molecule has 0 unspecified atom stereocenters. The molecule has 1 aromatic heterocycles. The summed E-state index contributed by atoms with van der Waals surface area (Å²) in [5, 5.41) is 8.94. The van der Waals surface area contributed by atoms with Gasteiger partial charge in [0.25, 0.3) is 6.43 Å². The normalized spacial score (nSPS) is 12.0. The van der Waals surface area contributed by atoms with Gasteiger partial charge in [-0.05, 0) is 0 Å². The van der Waals surface area contributed by atoms with E-state index >= 15 is 0 Å². The van der Waals surface area contributed by atoms with Crippen LogP contribution < -0.4 is 10.5 Å². The summed E-state index contributed by atoms with van der Waals surface area (Å²) in [6.07, 6.45) is -7.52. The molecule has 0 aromatic carbocycles. The van der Waals surface area contributed by atoms with Gasteiger partial charge in [0.1, 0.15) is 5.69 Å². The maximum absolute atomic E-state index is 12.5. The lowest BCUT2D eigenvalue weighted by atomic mass is 10.1. The number of aromatic nitrogens is 1. The molecule has 3 N–H and O–H groups in total. The van der Waals surface area contributed by atoms with Crippen LogP contribution in [-0.2, 0) is 13.2 Å². The fourth-order valence-electron chi connectivity index (χ4n) is 1.39. The molecule has 0 aliphatic carbocycles. The summed E-state index contributed by atoms with van der Waals surface area (Å²) in [6.45, 7) is -1.40. The van der Waals surface area contributed by atoms with E-state index in [-0.39, 0.29) is 5.56 Å². The number of hydrogen-bond acceptors (Lipinski definition) is 4. The Balaban J connectivity index is 3.30. The molecule has 0 fully saturated rings. The van der Waals surface area contributed by atoms with Crippen molar-refractivity contribution in [1.82, 2.24) is 4.98 Å². The van der Waals surface area contributed by atoms with Crippen molar-refractivity contribution < 1.29 is 31.8 Å². The van der Waals surface area contributed by atoms with Gasteiger partial charge < -0.3 is 15.6 Å². The summed E-state index contributed by atoms with van der Waals surface area (Å²) in [5.41, 5.74) is 3.57. The molecule has 0 spiro atoms. The van der Waals surface area contributed by atoms with Crippen LogP contribution in [0.25, 0.3) is 0 Å². The number of alkyl halides is 5. The van der Waals surface area contributed by atoms with E-state index in [0.29, 0.717) is 6.20 Å². The molecule has 0 saturated carbocycles. The summed E-state index contributed by atoms with van der Waals surface area (Å²) in [7, 11) is 0. The zero-order valence-electron chi connectivity index (χ0n) is 8.84. The first-order valence-electron chi connectivity index (χ1n) is 4.65. The van der Waals surface area contributed by atoms with Gasteiger partial charge in [-0.3, -0.25) is 4.98 Å². The first-order valence-corrected chi connectivity index (χ1v) is 4.65. The average Bonchev–Trinajstić information content (AvgIpc) is 2.25. The molecule has 0 atom stereocenters. The lowest BCUT2D eigenvalue weighted by molar-refractivity contribution is -0.275. The summed E-state index contributed by atoms with van der Waals surface area (Å²) in [4.78, 5) is 3.15. The monoisotopic (exact) mass is 272 g/mol. The smallest absolute Gasteiger partial charge is 0.404 e. The van der Waals surface area contributed by atoms with Crippen molar-refractivity contribution in [1.29, 1.82) is 0 Å². The van der Waals surface area contributed by atoms with E-state index in [2.05, 4.69) is 9.72 Å². The van der Waals surface area contributed by atoms with E-state index in [1.165, 1.54) is 0 Å². The summed E-state index contributed by atoms with van der Waals surface area (Å²) >= 11 is 0. The highest BCUT2D eigenvalue weighted by Gasteiger charge is 2.33. The number of aliphatic hydroxyl groups excluding tert-OH is 1. The van der Waals surface area contributed by atoms with Gasteiger partial charge in [-0.25, -0.2) is 8.78 Å². The highest BCUT2D eigenvalue weighted by atomic mass is 19.4. The minimum Gasteiger partial charge on any atom is -0.404 e. The van der Waals surface area contributed by atoms with Crippen molar-refractivity contribution in [2.75, 3.05) is 0 Å². The van der Waals surface area contributed by atoms with Crippen molar-refractivity contribution in [2.45, 2.75) is 25.9 Å². The van der Waals surface area contributed by atoms with Crippen LogP contribution in [0.15, 0.2) is 6.20 Å². The molecule has 1 heterocycles. The van der Waals surface area contributed by atoms with Crippen molar-refractivity contribution >= 4 is 0 Å². The van der Waals surface area contributed by atoms with Crippen molar-refractivity contribution in [3.8, 4) is 5.75 Å². The van der Waals surface area contributed by atoms with Crippen LogP contribution in [0.1, 0.15) is 23.2 Å². The van der Waals surface area contributed by atoms with Gasteiger partial charge in [0.15, 0.2) is 5.75 Å². The molecule has 0 amide bonds. The number of nitrogens with zero attached hydrogens (tertiary/aromatic N) is 1. The minimum atomic E-state index is -5.00. The SMILES string of the molecule is NCc1c(OC(F)(F)F)cnc(C(F)F)c1CO. The van der Waals surface area contributed by atoms with E-state index < -0.39 is 42.9 Å². The maximum atomic E-state index is 12.5. The second-order valence-corrected chi connectivity index (χ2v) is 3.18. The Morgan fingerprint density at radius 3 is 2.33 bits per heavy atom. The zero-order chi connectivity index (χ0) is 13.9. The van der Waals surface area contributed by atoms with Crippen LogP contribution >= 0.6 is 0 Å². The second-order valence-electron chi connectivity index (χ2n) is 3.18. The molecule has 0 saturated heterocycles. The third-order valence-corrected chi connectivity index (χ3v) is 2.09. The van der Waals surface area contributed by atoms with Gasteiger partial charge in [0, 0.05) is 17.7 Å². The number of pyridine rings is 1. The van der Waals surface area contributed by atoms with E-state index in [4.69, 9.17) is 10.8 Å². The van der Waals surface area contributed by atoms with Gasteiger partial charge in [-0.2, -0.15) is 0 Å². The van der Waals surface area contributed by atoms with Crippen LogP contribution in [0.3, 0.4) is 0 Å². The number of nitrogens with two attached hydrogens (primary N) is 1. The highest BCUT2D eigenvalue weighted by Crippen LogP contribution is 2.32. The molecule has 1 rings (SSSR count). The van der Waals surface area contributed by atoms with E-state index in [0.717, 1.165) is 0 Å². The van der Waals surface area contributed by atoms with Crippen LogP contribution in [0.2, 0.25) is 0 Å². The Kier molecular flexibility index (Phi) is 4.41. The largest absolute Gasteiger partial charge is 0.573 e. The summed E-state index contributed by atoms with van der Waals surface area (Å²) < 4.78 is 64.8. The van der Waals surface area contributed by atoms with Crippen LogP contribution in [0, 0.1) is 0 Å². The maximum Gasteiger partial charge on any atom is 0.573 e. The lowest BCUT2D eigenvalue weighted by Crippen LogP contribution is -2.20. The fourth-order valence-corrected chi connectivity index (χ4v) is 1.39. The molecule has 0 aliphatic rings. The van der Waals surface area contributed by atoms with Gasteiger partial charge in [-0.1, -0.05) is 0 Å². The van der Waals surface area contributed by atoms with E-state index in [9.17, 15) is 22.0 Å². The molecule has 9 heteroatoms. The highest BCUT2D eigenvalue weighted by molar-refractivity contribution is 5.41. The van der Waals surface area contributed by atoms with Crippen LogP contribution in [-0.4, -0.2) is 16.5 Å². The van der Waals surface area contributed by atoms with Crippen LogP contribution in [0.5, 0.6) is 5.75 Å². The summed E-state index contributed by atoms with van der Waals surface area (Å²) in [6, 6.07) is 0. The van der Waals surface area contributed by atoms with E-state index in [1.807, 2.05) is 0 Å². The fraction of sp³-hybridized carbons (Fsp3) is 0.444. The van der Waals surface area contributed by atoms with Gasteiger partial charge >= 0.3 is 6.36 Å². The Bertz CT molecular complexity index is 422. The van der Waals surface area contributed by atoms with Crippen LogP contribution in [0.4, 0.5) is 22.0 Å².